The molecule has 40 heavy (non-hydrogen) atoms. The van der Waals surface area contributed by atoms with Crippen molar-refractivity contribution in [2.75, 3.05) is 25.1 Å². The summed E-state index contributed by atoms with van der Waals surface area (Å²) in [6.45, 7) is 8.77. The third kappa shape index (κ3) is 6.13. The van der Waals surface area contributed by atoms with E-state index in [0.717, 1.165) is 0 Å². The van der Waals surface area contributed by atoms with E-state index < -0.39 is 23.0 Å². The maximum Gasteiger partial charge on any atom is 0.273 e. The number of hydrogen-bond acceptors (Lipinski definition) is 6. The van der Waals surface area contributed by atoms with Crippen molar-refractivity contribution >= 4 is 11.6 Å². The largest absolute Gasteiger partial charge is 0.478 e. The molecule has 1 amide bonds. The summed E-state index contributed by atoms with van der Waals surface area (Å²) in [5.74, 6) is -3.50. The Labute approximate surface area is 232 Å². The molecule has 1 aliphatic heterocycles. The topological polar surface area (TPSA) is 99.4 Å². The molecule has 2 aromatic heterocycles. The summed E-state index contributed by atoms with van der Waals surface area (Å²) in [4.78, 5) is 22.0. The number of amides is 1. The molecule has 0 spiro atoms. The Balaban J connectivity index is 1.69. The minimum atomic E-state index is -3.11. The lowest BCUT2D eigenvalue weighted by molar-refractivity contribution is -0.136. The Morgan fingerprint density at radius 3 is 2.40 bits per heavy atom. The molecular weight excluding hydrogens is 521 g/mol. The summed E-state index contributed by atoms with van der Waals surface area (Å²) in [6.07, 6.45) is 2.96. The maximum absolute atomic E-state index is 15.4. The van der Waals surface area contributed by atoms with Gasteiger partial charge >= 0.3 is 0 Å². The molecular formula is C30H35F3N4O3. The molecule has 1 saturated heterocycles. The molecule has 214 valence electrons. The van der Waals surface area contributed by atoms with E-state index in [4.69, 9.17) is 15.2 Å². The molecule has 1 aromatic carbocycles. The van der Waals surface area contributed by atoms with Crippen molar-refractivity contribution in [2.24, 2.45) is 5.73 Å². The van der Waals surface area contributed by atoms with Gasteiger partial charge in [-0.15, -0.1) is 0 Å². The number of halogens is 3. The van der Waals surface area contributed by atoms with Crippen LogP contribution in [0.5, 0.6) is 5.88 Å². The molecule has 0 unspecified atom stereocenters. The first-order chi connectivity index (χ1) is 18.8. The van der Waals surface area contributed by atoms with Crippen LogP contribution < -0.4 is 15.8 Å². The van der Waals surface area contributed by atoms with Crippen molar-refractivity contribution in [1.82, 2.24) is 9.97 Å². The summed E-state index contributed by atoms with van der Waals surface area (Å²) in [6, 6.07) is 7.43. The predicted octanol–water partition coefficient (Wildman–Crippen LogP) is 6.38. The van der Waals surface area contributed by atoms with Gasteiger partial charge in [-0.3, -0.25) is 9.78 Å². The Hall–Kier alpha value is -3.50. The molecule has 0 atom stereocenters. The lowest BCUT2D eigenvalue weighted by atomic mass is 9.89. The lowest BCUT2D eigenvalue weighted by Crippen LogP contribution is -2.43. The number of ether oxygens (including phenoxy) is 2. The molecule has 1 fully saturated rings. The van der Waals surface area contributed by atoms with Gasteiger partial charge in [0.1, 0.15) is 0 Å². The average molecular weight is 557 g/mol. The Morgan fingerprint density at radius 1 is 1.10 bits per heavy atom. The minimum absolute atomic E-state index is 0.0540. The second-order valence-corrected chi connectivity index (χ2v) is 10.8. The third-order valence-corrected chi connectivity index (χ3v) is 6.86. The lowest BCUT2D eigenvalue weighted by Gasteiger charge is -2.34. The second-order valence-electron chi connectivity index (χ2n) is 10.8. The first kappa shape index (κ1) is 29.5. The number of aromatic nitrogens is 2. The van der Waals surface area contributed by atoms with E-state index in [1.54, 1.807) is 52.9 Å². The van der Waals surface area contributed by atoms with Crippen LogP contribution in [-0.2, 0) is 21.9 Å². The first-order valence-electron chi connectivity index (χ1n) is 13.3. The van der Waals surface area contributed by atoms with Crippen molar-refractivity contribution in [3.05, 3.63) is 70.7 Å². The van der Waals surface area contributed by atoms with Crippen LogP contribution in [0.25, 0.3) is 11.1 Å². The molecule has 4 rings (SSSR count). The summed E-state index contributed by atoms with van der Waals surface area (Å²) in [7, 11) is 0. The van der Waals surface area contributed by atoms with Crippen LogP contribution in [-0.4, -0.2) is 35.7 Å². The highest BCUT2D eigenvalue weighted by atomic mass is 19.3. The number of anilines is 1. The van der Waals surface area contributed by atoms with E-state index >= 15 is 4.39 Å². The van der Waals surface area contributed by atoms with Gasteiger partial charge in [0.05, 0.1) is 37.3 Å². The number of carbonyl (C=O) groups excluding carboxylic acids is 1. The first-order valence-corrected chi connectivity index (χ1v) is 13.3. The standard InChI is InChI=1S/C30H35F3N4O3/c1-6-8-30(32,33)22-10-19(9-21(12-22)28(4,5)34)26(38)37-23-13-24(18(3)35-15-23)20-11-25(29(31)16-39-17-29)27(36-14-20)40-7-2/h9-15H,6-8,16-17,34H2,1-5H3,(H,37,38). The van der Waals surface area contributed by atoms with E-state index in [0.29, 0.717) is 34.7 Å². The van der Waals surface area contributed by atoms with Crippen LogP contribution in [0.2, 0.25) is 0 Å². The van der Waals surface area contributed by atoms with E-state index in [2.05, 4.69) is 15.3 Å². The number of benzene rings is 1. The van der Waals surface area contributed by atoms with Crippen LogP contribution in [0.3, 0.4) is 0 Å². The van der Waals surface area contributed by atoms with Gasteiger partial charge < -0.3 is 20.5 Å². The van der Waals surface area contributed by atoms with E-state index in [-0.39, 0.29) is 48.6 Å². The maximum atomic E-state index is 15.4. The van der Waals surface area contributed by atoms with Crippen LogP contribution in [0.15, 0.2) is 42.7 Å². The summed E-state index contributed by atoms with van der Waals surface area (Å²) < 4.78 is 55.7. The summed E-state index contributed by atoms with van der Waals surface area (Å²) in [5, 5.41) is 2.76. The zero-order chi connectivity index (χ0) is 29.3. The number of hydrogen-bond donors (Lipinski definition) is 2. The SMILES string of the molecule is CCCC(F)(F)c1cc(C(=O)Nc2cnc(C)c(-c3cnc(OCC)c(C4(F)COC4)c3)c2)cc(C(C)(C)N)c1. The minimum Gasteiger partial charge on any atom is -0.478 e. The molecule has 0 saturated carbocycles. The van der Waals surface area contributed by atoms with Gasteiger partial charge in [0, 0.05) is 46.1 Å². The molecule has 1 aliphatic rings. The molecule has 10 heteroatoms. The number of nitrogens with zero attached hydrogens (tertiary/aromatic N) is 2. The van der Waals surface area contributed by atoms with Crippen molar-refractivity contribution < 1.29 is 27.4 Å². The molecule has 3 N–H and O–H groups in total. The van der Waals surface area contributed by atoms with Crippen molar-refractivity contribution in [1.29, 1.82) is 0 Å². The van der Waals surface area contributed by atoms with Gasteiger partial charge in [-0.1, -0.05) is 13.3 Å². The zero-order valence-corrected chi connectivity index (χ0v) is 23.4. The number of rotatable bonds is 10. The van der Waals surface area contributed by atoms with Gasteiger partial charge in [-0.05, 0) is 63.6 Å². The van der Waals surface area contributed by atoms with Crippen molar-refractivity contribution in [3.63, 3.8) is 0 Å². The second kappa shape index (κ2) is 11.2. The molecule has 3 aromatic rings. The van der Waals surface area contributed by atoms with Crippen LogP contribution in [0, 0.1) is 6.92 Å². The monoisotopic (exact) mass is 556 g/mol. The van der Waals surface area contributed by atoms with E-state index in [1.807, 2.05) is 0 Å². The number of aryl methyl sites for hydroxylation is 1. The van der Waals surface area contributed by atoms with Gasteiger partial charge in [0.15, 0.2) is 5.67 Å². The summed E-state index contributed by atoms with van der Waals surface area (Å²) in [5.41, 5.74) is 6.22. The van der Waals surface area contributed by atoms with Crippen LogP contribution in [0.1, 0.15) is 73.3 Å². The highest BCUT2D eigenvalue weighted by Gasteiger charge is 2.44. The van der Waals surface area contributed by atoms with Crippen molar-refractivity contribution in [3.8, 4) is 17.0 Å². The number of nitrogens with two attached hydrogens (primary N) is 1. The Morgan fingerprint density at radius 2 is 1.80 bits per heavy atom. The normalized spacial score (nSPS) is 14.9. The molecule has 0 radical (unpaired) electrons. The Bertz CT molecular complexity index is 1400. The van der Waals surface area contributed by atoms with Crippen molar-refractivity contribution in [2.45, 2.75) is 64.6 Å². The molecule has 0 aliphatic carbocycles. The fraction of sp³-hybridized carbons (Fsp3) is 0.433. The van der Waals surface area contributed by atoms with E-state index in [9.17, 15) is 13.6 Å². The summed E-state index contributed by atoms with van der Waals surface area (Å²) >= 11 is 0. The number of alkyl halides is 3. The highest BCUT2D eigenvalue weighted by molar-refractivity contribution is 6.04. The average Bonchev–Trinajstić information content (AvgIpc) is 2.88. The van der Waals surface area contributed by atoms with Gasteiger partial charge in [0.25, 0.3) is 11.8 Å². The fourth-order valence-corrected chi connectivity index (χ4v) is 4.51. The number of carbonyl (C=O) groups is 1. The van der Waals surface area contributed by atoms with Gasteiger partial charge in [0.2, 0.25) is 5.88 Å². The van der Waals surface area contributed by atoms with E-state index in [1.165, 1.54) is 24.4 Å². The van der Waals surface area contributed by atoms with Gasteiger partial charge in [-0.25, -0.2) is 18.2 Å². The quantitative estimate of drug-likeness (QED) is 0.301. The smallest absolute Gasteiger partial charge is 0.273 e. The number of nitrogens with one attached hydrogen (secondary N) is 1. The highest BCUT2D eigenvalue weighted by Crippen LogP contribution is 2.41. The van der Waals surface area contributed by atoms with Crippen LogP contribution in [0.4, 0.5) is 18.9 Å². The fourth-order valence-electron chi connectivity index (χ4n) is 4.51. The molecule has 3 heterocycles. The molecule has 7 nitrogen and oxygen atoms in total. The Kier molecular flexibility index (Phi) is 8.23. The zero-order valence-electron chi connectivity index (χ0n) is 23.4. The number of pyridine rings is 2. The van der Waals surface area contributed by atoms with Crippen LogP contribution >= 0.6 is 0 Å². The predicted molar refractivity (Wildman–Crippen MR) is 147 cm³/mol. The van der Waals surface area contributed by atoms with Gasteiger partial charge in [-0.2, -0.15) is 0 Å². The molecule has 0 bridgehead atoms. The third-order valence-electron chi connectivity index (χ3n) is 6.86.